The van der Waals surface area contributed by atoms with Crippen molar-refractivity contribution in [2.75, 3.05) is 33.2 Å². The largest absolute Gasteiger partial charge is 0.360 e. The van der Waals surface area contributed by atoms with E-state index in [9.17, 15) is 9.18 Å². The first-order chi connectivity index (χ1) is 11.5. The van der Waals surface area contributed by atoms with E-state index in [2.05, 4.69) is 4.90 Å². The Morgan fingerprint density at radius 1 is 1.29 bits per heavy atom. The van der Waals surface area contributed by atoms with E-state index in [4.69, 9.17) is 4.74 Å². The molecule has 1 aromatic carbocycles. The van der Waals surface area contributed by atoms with Gasteiger partial charge in [0.15, 0.2) is 0 Å². The fourth-order valence-electron chi connectivity index (χ4n) is 3.84. The maximum Gasteiger partial charge on any atom is 0.251 e. The van der Waals surface area contributed by atoms with Crippen molar-refractivity contribution in [2.45, 2.75) is 44.3 Å². The van der Waals surface area contributed by atoms with Crippen molar-refractivity contribution in [1.29, 1.82) is 0 Å². The van der Waals surface area contributed by atoms with E-state index in [0.717, 1.165) is 50.9 Å². The molecule has 0 aliphatic carbocycles. The molecule has 1 amide bonds. The van der Waals surface area contributed by atoms with Crippen molar-refractivity contribution in [3.8, 4) is 0 Å². The van der Waals surface area contributed by atoms with E-state index < -0.39 is 0 Å². The Hall–Kier alpha value is -1.46. The van der Waals surface area contributed by atoms with E-state index >= 15 is 0 Å². The average molecular weight is 334 g/mol. The van der Waals surface area contributed by atoms with Gasteiger partial charge in [-0.25, -0.2) is 4.39 Å². The predicted molar refractivity (Wildman–Crippen MR) is 91.3 cm³/mol. The zero-order valence-corrected chi connectivity index (χ0v) is 14.6. The molecule has 0 aromatic heterocycles. The molecular formula is C19H27FN2O2. The van der Waals surface area contributed by atoms with Crippen LogP contribution < -0.4 is 0 Å². The van der Waals surface area contributed by atoms with Gasteiger partial charge in [-0.1, -0.05) is 25.1 Å². The molecule has 132 valence electrons. The number of rotatable bonds is 4. The number of nitrogens with zero attached hydrogens (tertiary/aromatic N) is 2. The van der Waals surface area contributed by atoms with E-state index in [0.29, 0.717) is 6.54 Å². The molecule has 0 bridgehead atoms. The van der Waals surface area contributed by atoms with Crippen LogP contribution in [-0.2, 0) is 16.0 Å². The van der Waals surface area contributed by atoms with Crippen LogP contribution in [0.5, 0.6) is 0 Å². The molecule has 1 unspecified atom stereocenters. The van der Waals surface area contributed by atoms with Crippen molar-refractivity contribution in [1.82, 2.24) is 9.80 Å². The number of carbonyl (C=O) groups excluding carboxylic acids is 1. The first kappa shape index (κ1) is 17.4. The number of hydrogen-bond donors (Lipinski definition) is 0. The Kier molecular flexibility index (Phi) is 5.21. The smallest absolute Gasteiger partial charge is 0.251 e. The summed E-state index contributed by atoms with van der Waals surface area (Å²) in [6.45, 7) is 5.42. The molecule has 0 N–H and O–H groups in total. The van der Waals surface area contributed by atoms with Crippen LogP contribution in [0, 0.1) is 5.82 Å². The Morgan fingerprint density at radius 2 is 2.00 bits per heavy atom. The maximum absolute atomic E-state index is 13.7. The highest BCUT2D eigenvalue weighted by Gasteiger charge is 2.44. The molecule has 1 aromatic rings. The molecule has 2 aliphatic rings. The lowest BCUT2D eigenvalue weighted by Crippen LogP contribution is -2.60. The first-order valence-electron chi connectivity index (χ1n) is 8.91. The van der Waals surface area contributed by atoms with Crippen molar-refractivity contribution in [2.24, 2.45) is 0 Å². The molecule has 2 fully saturated rings. The second kappa shape index (κ2) is 7.19. The topological polar surface area (TPSA) is 32.8 Å². The maximum atomic E-state index is 13.7. The summed E-state index contributed by atoms with van der Waals surface area (Å²) in [7, 11) is 1.87. The summed E-state index contributed by atoms with van der Waals surface area (Å²) in [4.78, 5) is 16.3. The summed E-state index contributed by atoms with van der Waals surface area (Å²) in [6.07, 6.45) is 3.02. The fourth-order valence-corrected chi connectivity index (χ4v) is 3.84. The summed E-state index contributed by atoms with van der Waals surface area (Å²) in [5.41, 5.74) is 0.584. The van der Waals surface area contributed by atoms with Crippen LogP contribution >= 0.6 is 0 Å². The van der Waals surface area contributed by atoms with Gasteiger partial charge >= 0.3 is 0 Å². The number of piperidine rings is 1. The molecule has 2 saturated heterocycles. The molecule has 2 heterocycles. The zero-order valence-electron chi connectivity index (χ0n) is 14.6. The number of halogens is 1. The van der Waals surface area contributed by atoms with Crippen LogP contribution in [0.4, 0.5) is 4.39 Å². The Labute approximate surface area is 143 Å². The van der Waals surface area contributed by atoms with Crippen molar-refractivity contribution in [3.05, 3.63) is 35.6 Å². The minimum absolute atomic E-state index is 0.102. The number of carbonyl (C=O) groups is 1. The molecule has 4 nitrogen and oxygen atoms in total. The highest BCUT2D eigenvalue weighted by molar-refractivity contribution is 5.81. The van der Waals surface area contributed by atoms with Crippen LogP contribution in [0.2, 0.25) is 0 Å². The molecule has 2 aliphatic heterocycles. The van der Waals surface area contributed by atoms with E-state index in [1.54, 1.807) is 6.07 Å². The predicted octanol–water partition coefficient (Wildman–Crippen LogP) is 2.47. The van der Waals surface area contributed by atoms with Gasteiger partial charge in [-0.2, -0.15) is 0 Å². The summed E-state index contributed by atoms with van der Waals surface area (Å²) < 4.78 is 19.9. The summed E-state index contributed by atoms with van der Waals surface area (Å²) >= 11 is 0. The summed E-state index contributed by atoms with van der Waals surface area (Å²) in [5, 5.41) is 0. The quantitative estimate of drug-likeness (QED) is 0.848. The molecule has 5 heteroatoms. The second-order valence-electron chi connectivity index (χ2n) is 7.08. The lowest BCUT2D eigenvalue weighted by molar-refractivity contribution is -0.190. The van der Waals surface area contributed by atoms with Gasteiger partial charge in [0.05, 0.1) is 5.60 Å². The Balaban J connectivity index is 1.54. The number of morpholine rings is 1. The second-order valence-corrected chi connectivity index (χ2v) is 7.08. The SMILES string of the molecule is CCC1OC2(CCN(CCc3ccccc3F)CC2)CN(C)C1=O. The van der Waals surface area contributed by atoms with Gasteiger partial charge in [0.2, 0.25) is 0 Å². The average Bonchev–Trinajstić information content (AvgIpc) is 2.59. The van der Waals surface area contributed by atoms with Gasteiger partial charge in [-0.05, 0) is 37.3 Å². The standard InChI is InChI=1S/C19H27FN2O2/c1-3-17-18(23)21(2)14-19(24-17)9-12-22(13-10-19)11-8-15-6-4-5-7-16(15)20/h4-7,17H,3,8-14H2,1-2H3. The highest BCUT2D eigenvalue weighted by Crippen LogP contribution is 2.33. The van der Waals surface area contributed by atoms with E-state index in [1.807, 2.05) is 31.0 Å². The number of ether oxygens (including phenoxy) is 1. The van der Waals surface area contributed by atoms with Gasteiger partial charge in [0, 0.05) is 33.2 Å². The molecule has 1 atom stereocenters. The number of benzene rings is 1. The number of likely N-dealkylation sites (N-methyl/N-ethyl adjacent to an activating group) is 1. The molecule has 1 spiro atoms. The molecule has 24 heavy (non-hydrogen) atoms. The van der Waals surface area contributed by atoms with Gasteiger partial charge in [-0.3, -0.25) is 4.79 Å². The van der Waals surface area contributed by atoms with Gasteiger partial charge < -0.3 is 14.5 Å². The first-order valence-corrected chi connectivity index (χ1v) is 8.91. The minimum Gasteiger partial charge on any atom is -0.360 e. The normalized spacial score (nSPS) is 24.5. The number of amides is 1. The van der Waals surface area contributed by atoms with Crippen molar-refractivity contribution < 1.29 is 13.9 Å². The summed E-state index contributed by atoms with van der Waals surface area (Å²) in [5.74, 6) is -0.0161. The fraction of sp³-hybridized carbons (Fsp3) is 0.632. The van der Waals surface area contributed by atoms with Crippen molar-refractivity contribution in [3.63, 3.8) is 0 Å². The lowest BCUT2D eigenvalue weighted by atomic mass is 9.88. The van der Waals surface area contributed by atoms with E-state index in [-0.39, 0.29) is 23.4 Å². The van der Waals surface area contributed by atoms with Gasteiger partial charge in [-0.15, -0.1) is 0 Å². The van der Waals surface area contributed by atoms with Crippen LogP contribution in [-0.4, -0.2) is 60.6 Å². The van der Waals surface area contributed by atoms with Crippen molar-refractivity contribution >= 4 is 5.91 Å². The van der Waals surface area contributed by atoms with Crippen LogP contribution in [0.3, 0.4) is 0 Å². The molecule has 0 saturated carbocycles. The minimum atomic E-state index is -0.297. The zero-order chi connectivity index (χ0) is 17.2. The molecule has 0 radical (unpaired) electrons. The third-order valence-electron chi connectivity index (χ3n) is 5.36. The third kappa shape index (κ3) is 3.62. The third-order valence-corrected chi connectivity index (χ3v) is 5.36. The Morgan fingerprint density at radius 3 is 2.67 bits per heavy atom. The van der Waals surface area contributed by atoms with Crippen LogP contribution in [0.25, 0.3) is 0 Å². The van der Waals surface area contributed by atoms with E-state index in [1.165, 1.54) is 6.07 Å². The monoisotopic (exact) mass is 334 g/mol. The van der Waals surface area contributed by atoms with Crippen LogP contribution in [0.15, 0.2) is 24.3 Å². The molecular weight excluding hydrogens is 307 g/mol. The number of likely N-dealkylation sites (tertiary alicyclic amines) is 1. The Bertz CT molecular complexity index is 584. The highest BCUT2D eigenvalue weighted by atomic mass is 19.1. The van der Waals surface area contributed by atoms with Gasteiger partial charge in [0.25, 0.3) is 5.91 Å². The van der Waals surface area contributed by atoms with Gasteiger partial charge in [0.1, 0.15) is 11.9 Å². The summed E-state index contributed by atoms with van der Waals surface area (Å²) in [6, 6.07) is 6.99. The molecule has 3 rings (SSSR count). The van der Waals surface area contributed by atoms with Crippen LogP contribution in [0.1, 0.15) is 31.7 Å². The number of hydrogen-bond acceptors (Lipinski definition) is 3. The lowest BCUT2D eigenvalue weighted by Gasteiger charge is -2.48.